The molecule has 0 aromatic heterocycles. The number of ether oxygens (including phenoxy) is 2. The summed E-state index contributed by atoms with van der Waals surface area (Å²) in [4.78, 5) is 37.6. The number of carbonyl (C=O) groups is 3. The van der Waals surface area contributed by atoms with Crippen LogP contribution in [0.2, 0.25) is 0 Å². The molecule has 0 N–H and O–H groups in total. The smallest absolute Gasteiger partial charge is 0.409 e. The minimum atomic E-state index is -0.533. The highest BCUT2D eigenvalue weighted by molar-refractivity contribution is 5.96. The number of benzene rings is 1. The molecular weight excluding hydrogens is 341 g/mol. The van der Waals surface area contributed by atoms with E-state index in [2.05, 4.69) is 0 Å². The molecule has 0 radical (unpaired) electrons. The molecule has 7 heteroatoms. The molecule has 1 fully saturated rings. The first kappa shape index (κ1) is 19.9. The lowest BCUT2D eigenvalue weighted by atomic mass is 9.84. The van der Waals surface area contributed by atoms with Crippen LogP contribution in [0.3, 0.4) is 0 Å². The number of Topliss-reactive ketones (excluding diaryl/α,β-unsaturated/α-hetero) is 1. The fourth-order valence-electron chi connectivity index (χ4n) is 3.33. The summed E-state index contributed by atoms with van der Waals surface area (Å²) in [6, 6.07) is 5.87. The van der Waals surface area contributed by atoms with E-state index < -0.39 is 12.1 Å². The van der Waals surface area contributed by atoms with Crippen LogP contribution in [0, 0.1) is 11.7 Å². The fourth-order valence-corrected chi connectivity index (χ4v) is 3.33. The summed E-state index contributed by atoms with van der Waals surface area (Å²) in [7, 11) is 1.31. The topological polar surface area (TPSA) is 72.9 Å². The molecule has 1 heterocycles. The van der Waals surface area contributed by atoms with Gasteiger partial charge in [-0.05, 0) is 43.9 Å². The molecule has 1 aromatic rings. The van der Waals surface area contributed by atoms with Crippen molar-refractivity contribution in [1.82, 2.24) is 4.90 Å². The van der Waals surface area contributed by atoms with Gasteiger partial charge in [-0.1, -0.05) is 12.1 Å². The number of hydrogen-bond donors (Lipinski definition) is 0. The third-order valence-corrected chi connectivity index (χ3v) is 4.56. The molecule has 2 rings (SSSR count). The molecule has 0 spiro atoms. The van der Waals surface area contributed by atoms with Crippen molar-refractivity contribution in [1.29, 1.82) is 0 Å². The highest BCUT2D eigenvalue weighted by atomic mass is 19.1. The summed E-state index contributed by atoms with van der Waals surface area (Å²) in [5.74, 6) is -1.40. The first-order valence-electron chi connectivity index (χ1n) is 8.72. The first-order chi connectivity index (χ1) is 12.4. The molecule has 142 valence electrons. The van der Waals surface area contributed by atoms with Crippen molar-refractivity contribution < 1.29 is 28.2 Å². The number of likely N-dealkylation sites (tertiary alicyclic amines) is 1. The van der Waals surface area contributed by atoms with Gasteiger partial charge in [0.05, 0.1) is 13.7 Å². The van der Waals surface area contributed by atoms with Gasteiger partial charge in [0, 0.05) is 18.5 Å². The van der Waals surface area contributed by atoms with Crippen molar-refractivity contribution in [2.45, 2.75) is 38.6 Å². The van der Waals surface area contributed by atoms with Crippen molar-refractivity contribution in [3.63, 3.8) is 0 Å². The maximum absolute atomic E-state index is 13.5. The zero-order valence-electron chi connectivity index (χ0n) is 15.1. The van der Waals surface area contributed by atoms with E-state index in [-0.39, 0.29) is 36.6 Å². The Balaban J connectivity index is 2.09. The van der Waals surface area contributed by atoms with Crippen LogP contribution in [-0.4, -0.2) is 49.0 Å². The predicted octanol–water partition coefficient (Wildman–Crippen LogP) is 2.74. The number of rotatable bonds is 6. The minimum absolute atomic E-state index is 0.183. The summed E-state index contributed by atoms with van der Waals surface area (Å²) in [5, 5.41) is 0. The van der Waals surface area contributed by atoms with Crippen LogP contribution in [0.25, 0.3) is 0 Å². The molecule has 1 aliphatic heterocycles. The quantitative estimate of drug-likeness (QED) is 0.572. The molecule has 2 atom stereocenters. The first-order valence-corrected chi connectivity index (χ1v) is 8.72. The van der Waals surface area contributed by atoms with Gasteiger partial charge in [-0.2, -0.15) is 0 Å². The van der Waals surface area contributed by atoms with Gasteiger partial charge in [-0.25, -0.2) is 9.18 Å². The van der Waals surface area contributed by atoms with Crippen molar-refractivity contribution in [3.8, 4) is 0 Å². The van der Waals surface area contributed by atoms with Crippen LogP contribution in [0.4, 0.5) is 9.18 Å². The van der Waals surface area contributed by atoms with Gasteiger partial charge in [-0.3, -0.25) is 9.59 Å². The highest BCUT2D eigenvalue weighted by Crippen LogP contribution is 2.28. The molecule has 0 saturated carbocycles. The lowest BCUT2D eigenvalue weighted by molar-refractivity contribution is -0.146. The van der Waals surface area contributed by atoms with E-state index in [0.29, 0.717) is 25.8 Å². The van der Waals surface area contributed by atoms with Gasteiger partial charge >= 0.3 is 12.1 Å². The van der Waals surface area contributed by atoms with Crippen molar-refractivity contribution in [3.05, 3.63) is 35.6 Å². The van der Waals surface area contributed by atoms with Crippen LogP contribution in [-0.2, 0) is 25.5 Å². The number of hydrogen-bond acceptors (Lipinski definition) is 5. The molecule has 1 aliphatic rings. The van der Waals surface area contributed by atoms with E-state index in [1.807, 2.05) is 0 Å². The molecule has 1 amide bonds. The van der Waals surface area contributed by atoms with Crippen molar-refractivity contribution in [2.24, 2.45) is 5.92 Å². The van der Waals surface area contributed by atoms with Crippen LogP contribution in [0.1, 0.15) is 31.7 Å². The number of carbonyl (C=O) groups excluding carboxylic acids is 3. The number of amides is 1. The van der Waals surface area contributed by atoms with Gasteiger partial charge < -0.3 is 14.4 Å². The van der Waals surface area contributed by atoms with E-state index in [1.54, 1.807) is 24.0 Å². The maximum Gasteiger partial charge on any atom is 0.409 e. The molecule has 1 aromatic carbocycles. The minimum Gasteiger partial charge on any atom is -0.466 e. The van der Waals surface area contributed by atoms with E-state index in [4.69, 9.17) is 9.47 Å². The van der Waals surface area contributed by atoms with Crippen LogP contribution in [0.5, 0.6) is 0 Å². The molecule has 0 aliphatic carbocycles. The standard InChI is InChI=1S/C19H24FNO5/c1-3-26-18(23)12-17(22)14-7-8-21(19(24)25-2)16(11-14)10-13-5-4-6-15(20)9-13/h4-6,9,14,16H,3,7-8,10-12H2,1-2H3/t14-,16+/m1/s1. The van der Waals surface area contributed by atoms with Gasteiger partial charge in [0.25, 0.3) is 0 Å². The molecule has 0 bridgehead atoms. The number of piperidine rings is 1. The number of ketones is 1. The van der Waals surface area contributed by atoms with Gasteiger partial charge in [0.1, 0.15) is 18.0 Å². The summed E-state index contributed by atoms with van der Waals surface area (Å²) >= 11 is 0. The van der Waals surface area contributed by atoms with E-state index in [1.165, 1.54) is 19.2 Å². The Bertz CT molecular complexity index is 663. The third-order valence-electron chi connectivity index (χ3n) is 4.56. The monoisotopic (exact) mass is 365 g/mol. The Morgan fingerprint density at radius 2 is 2.08 bits per heavy atom. The number of methoxy groups -OCH3 is 1. The average molecular weight is 365 g/mol. The Hall–Kier alpha value is -2.44. The van der Waals surface area contributed by atoms with Crippen LogP contribution in [0.15, 0.2) is 24.3 Å². The maximum atomic E-state index is 13.5. The zero-order valence-corrected chi connectivity index (χ0v) is 15.1. The fraction of sp³-hybridized carbons (Fsp3) is 0.526. The van der Waals surface area contributed by atoms with Gasteiger partial charge in [-0.15, -0.1) is 0 Å². The normalized spacial score (nSPS) is 19.7. The SMILES string of the molecule is CCOC(=O)CC(=O)[C@@H]1CCN(C(=O)OC)[C@@H](Cc2cccc(F)c2)C1. The average Bonchev–Trinajstić information content (AvgIpc) is 2.61. The third kappa shape index (κ3) is 5.28. The molecule has 1 saturated heterocycles. The molecule has 6 nitrogen and oxygen atoms in total. The molecule has 0 unspecified atom stereocenters. The predicted molar refractivity (Wildman–Crippen MR) is 92.0 cm³/mol. The summed E-state index contributed by atoms with van der Waals surface area (Å²) in [6.07, 6.45) is 0.554. The van der Waals surface area contributed by atoms with E-state index >= 15 is 0 Å². The van der Waals surface area contributed by atoms with Crippen molar-refractivity contribution in [2.75, 3.05) is 20.3 Å². The molecule has 26 heavy (non-hydrogen) atoms. The number of esters is 1. The number of halogens is 1. The lowest BCUT2D eigenvalue weighted by Crippen LogP contribution is -2.48. The van der Waals surface area contributed by atoms with Crippen LogP contribution >= 0.6 is 0 Å². The van der Waals surface area contributed by atoms with Gasteiger partial charge in [0.2, 0.25) is 0 Å². The van der Waals surface area contributed by atoms with E-state index in [9.17, 15) is 18.8 Å². The summed E-state index contributed by atoms with van der Waals surface area (Å²) in [6.45, 7) is 2.27. The second-order valence-electron chi connectivity index (χ2n) is 6.32. The molecular formula is C19H24FNO5. The number of nitrogens with zero attached hydrogens (tertiary/aromatic N) is 1. The largest absolute Gasteiger partial charge is 0.466 e. The summed E-state index contributed by atoms with van der Waals surface area (Å²) in [5.41, 5.74) is 0.738. The lowest BCUT2D eigenvalue weighted by Gasteiger charge is -2.38. The van der Waals surface area contributed by atoms with E-state index in [0.717, 1.165) is 5.56 Å². The van der Waals surface area contributed by atoms with Crippen molar-refractivity contribution >= 4 is 17.8 Å². The zero-order chi connectivity index (χ0) is 19.1. The van der Waals surface area contributed by atoms with Crippen LogP contribution < -0.4 is 0 Å². The highest BCUT2D eigenvalue weighted by Gasteiger charge is 2.35. The second-order valence-corrected chi connectivity index (χ2v) is 6.32. The Morgan fingerprint density at radius 3 is 2.73 bits per heavy atom. The summed E-state index contributed by atoms with van der Waals surface area (Å²) < 4.78 is 23.1. The Labute approximate surface area is 152 Å². The Morgan fingerprint density at radius 1 is 1.31 bits per heavy atom. The second kappa shape index (κ2) is 9.31. The Kier molecular flexibility index (Phi) is 7.12. The van der Waals surface area contributed by atoms with Gasteiger partial charge in [0.15, 0.2) is 0 Å².